The largest absolute Gasteiger partial charge is 0.378 e. The first-order valence-corrected chi connectivity index (χ1v) is 12.5. The molecule has 1 fully saturated rings. The van der Waals surface area contributed by atoms with Gasteiger partial charge in [0.15, 0.2) is 0 Å². The van der Waals surface area contributed by atoms with Crippen LogP contribution in [0.15, 0.2) is 0 Å². The molecule has 1 aliphatic heterocycles. The van der Waals surface area contributed by atoms with Crippen LogP contribution in [-0.4, -0.2) is 18.7 Å². The van der Waals surface area contributed by atoms with Crippen molar-refractivity contribution >= 4 is 39.2 Å². The molecular formula is C13H25Cl3OSi. The van der Waals surface area contributed by atoms with Gasteiger partial charge in [-0.25, -0.2) is 0 Å². The standard InChI is InChI=1S/C13H25Cl3OSi/c14-18(15,16)12-8-4-2-1-3-5-9-13-10-6-7-11-17-13/h13H,1-12H2. The Labute approximate surface area is 127 Å². The number of hydrogen-bond acceptors (Lipinski definition) is 1. The molecule has 1 aliphatic rings. The van der Waals surface area contributed by atoms with Gasteiger partial charge in [-0.1, -0.05) is 38.5 Å². The van der Waals surface area contributed by atoms with Crippen LogP contribution in [0.1, 0.15) is 64.2 Å². The van der Waals surface area contributed by atoms with E-state index in [0.29, 0.717) is 6.10 Å². The highest BCUT2D eigenvalue weighted by Gasteiger charge is 2.23. The molecule has 0 aliphatic carbocycles. The predicted octanol–water partition coefficient (Wildman–Crippen LogP) is 5.94. The van der Waals surface area contributed by atoms with Crippen molar-refractivity contribution in [2.75, 3.05) is 6.61 Å². The Morgan fingerprint density at radius 1 is 0.889 bits per heavy atom. The number of hydrogen-bond donors (Lipinski definition) is 0. The number of halogens is 3. The van der Waals surface area contributed by atoms with Crippen molar-refractivity contribution in [1.29, 1.82) is 0 Å². The predicted molar refractivity (Wildman–Crippen MR) is 84.0 cm³/mol. The Kier molecular flexibility index (Phi) is 9.38. The zero-order chi connectivity index (χ0) is 13.3. The first-order chi connectivity index (χ1) is 8.58. The molecule has 1 nitrogen and oxygen atoms in total. The molecule has 0 N–H and O–H groups in total. The molecule has 0 aromatic rings. The number of ether oxygens (including phenoxy) is 1. The van der Waals surface area contributed by atoms with Crippen molar-refractivity contribution < 1.29 is 4.74 Å². The summed E-state index contributed by atoms with van der Waals surface area (Å²) in [5, 5.41) is 0. The molecule has 1 rings (SSSR count). The molecule has 1 heterocycles. The Bertz CT molecular complexity index is 203. The fourth-order valence-corrected chi connectivity index (χ4v) is 4.29. The van der Waals surface area contributed by atoms with Gasteiger partial charge in [-0.3, -0.25) is 0 Å². The lowest BCUT2D eigenvalue weighted by atomic mass is 10.0. The molecule has 1 unspecified atom stereocenters. The van der Waals surface area contributed by atoms with Crippen molar-refractivity contribution in [3.63, 3.8) is 0 Å². The molecule has 0 amide bonds. The van der Waals surface area contributed by atoms with Crippen LogP contribution in [0.25, 0.3) is 0 Å². The van der Waals surface area contributed by atoms with Gasteiger partial charge in [-0.15, -0.1) is 33.2 Å². The first-order valence-electron chi connectivity index (χ1n) is 7.26. The zero-order valence-corrected chi connectivity index (χ0v) is 14.4. The van der Waals surface area contributed by atoms with Gasteiger partial charge in [0.2, 0.25) is 0 Å². The van der Waals surface area contributed by atoms with E-state index in [-0.39, 0.29) is 0 Å². The third-order valence-electron chi connectivity index (χ3n) is 3.51. The van der Waals surface area contributed by atoms with Gasteiger partial charge in [0.25, 0.3) is 0 Å². The van der Waals surface area contributed by atoms with Gasteiger partial charge < -0.3 is 4.74 Å². The molecule has 108 valence electrons. The average Bonchev–Trinajstić information content (AvgIpc) is 2.32. The Hall–Kier alpha value is 1.05. The number of rotatable bonds is 9. The Balaban J connectivity index is 1.81. The van der Waals surface area contributed by atoms with Crippen LogP contribution >= 0.6 is 33.2 Å². The Morgan fingerprint density at radius 3 is 2.17 bits per heavy atom. The van der Waals surface area contributed by atoms with Gasteiger partial charge in [0.05, 0.1) is 6.10 Å². The van der Waals surface area contributed by atoms with Crippen molar-refractivity contribution in [3.8, 4) is 0 Å². The molecule has 0 bridgehead atoms. The summed E-state index contributed by atoms with van der Waals surface area (Å²) in [7, 11) is 0. The smallest absolute Gasteiger partial charge is 0.341 e. The summed E-state index contributed by atoms with van der Waals surface area (Å²) in [6.07, 6.45) is 13.2. The minimum atomic E-state index is -2.36. The molecule has 18 heavy (non-hydrogen) atoms. The molecule has 0 radical (unpaired) electrons. The van der Waals surface area contributed by atoms with Crippen LogP contribution < -0.4 is 0 Å². The lowest BCUT2D eigenvalue weighted by Gasteiger charge is -2.22. The molecular weight excluding hydrogens is 307 g/mol. The lowest BCUT2D eigenvalue weighted by molar-refractivity contribution is 0.00977. The summed E-state index contributed by atoms with van der Waals surface area (Å²) >= 11 is 17.5. The SMILES string of the molecule is Cl[Si](Cl)(Cl)CCCCCCCCC1CCCCO1. The second-order valence-electron chi connectivity index (χ2n) is 5.26. The van der Waals surface area contributed by atoms with E-state index in [1.807, 2.05) is 0 Å². The third-order valence-corrected chi connectivity index (χ3v) is 6.13. The van der Waals surface area contributed by atoms with E-state index in [4.69, 9.17) is 38.0 Å². The van der Waals surface area contributed by atoms with Crippen molar-refractivity contribution in [2.24, 2.45) is 0 Å². The topological polar surface area (TPSA) is 9.23 Å². The van der Waals surface area contributed by atoms with Gasteiger partial charge in [-0.05, 0) is 31.7 Å². The monoisotopic (exact) mass is 330 g/mol. The molecule has 1 atom stereocenters. The van der Waals surface area contributed by atoms with Crippen LogP contribution in [0.2, 0.25) is 6.04 Å². The van der Waals surface area contributed by atoms with Crippen molar-refractivity contribution in [2.45, 2.75) is 76.4 Å². The lowest BCUT2D eigenvalue weighted by Crippen LogP contribution is -2.18. The molecule has 0 aromatic carbocycles. The maximum atomic E-state index is 5.84. The maximum absolute atomic E-state index is 5.84. The maximum Gasteiger partial charge on any atom is 0.341 e. The van der Waals surface area contributed by atoms with E-state index in [2.05, 4.69) is 0 Å². The van der Waals surface area contributed by atoms with Crippen LogP contribution in [0.3, 0.4) is 0 Å². The molecule has 1 saturated heterocycles. The van der Waals surface area contributed by atoms with E-state index in [1.54, 1.807) is 0 Å². The summed E-state index contributed by atoms with van der Waals surface area (Å²) in [5.41, 5.74) is 0. The zero-order valence-electron chi connectivity index (χ0n) is 11.1. The van der Waals surface area contributed by atoms with Gasteiger partial charge in [0, 0.05) is 6.61 Å². The fraction of sp³-hybridized carbons (Fsp3) is 1.00. The molecule has 0 spiro atoms. The average molecular weight is 332 g/mol. The number of unbranched alkanes of at least 4 members (excludes halogenated alkanes) is 5. The minimum absolute atomic E-state index is 0.550. The van der Waals surface area contributed by atoms with Crippen LogP contribution in [0.4, 0.5) is 0 Å². The van der Waals surface area contributed by atoms with Crippen LogP contribution in [-0.2, 0) is 4.74 Å². The van der Waals surface area contributed by atoms with E-state index in [1.165, 1.54) is 57.8 Å². The van der Waals surface area contributed by atoms with E-state index < -0.39 is 6.00 Å². The van der Waals surface area contributed by atoms with E-state index in [9.17, 15) is 0 Å². The van der Waals surface area contributed by atoms with Crippen LogP contribution in [0, 0.1) is 0 Å². The third kappa shape index (κ3) is 9.91. The van der Waals surface area contributed by atoms with Crippen molar-refractivity contribution in [1.82, 2.24) is 0 Å². The highest BCUT2D eigenvalue weighted by Crippen LogP contribution is 2.27. The fourth-order valence-electron chi connectivity index (χ4n) is 2.44. The summed E-state index contributed by atoms with van der Waals surface area (Å²) in [5.74, 6) is 0. The van der Waals surface area contributed by atoms with E-state index >= 15 is 0 Å². The second-order valence-corrected chi connectivity index (χ2v) is 14.5. The van der Waals surface area contributed by atoms with Gasteiger partial charge in [0.1, 0.15) is 0 Å². The molecule has 0 saturated carbocycles. The highest BCUT2D eigenvalue weighted by molar-refractivity contribution is 7.64. The van der Waals surface area contributed by atoms with Crippen molar-refractivity contribution in [3.05, 3.63) is 0 Å². The molecule has 5 heteroatoms. The summed E-state index contributed by atoms with van der Waals surface area (Å²) in [4.78, 5) is 0. The quantitative estimate of drug-likeness (QED) is 0.288. The highest BCUT2D eigenvalue weighted by atomic mass is 35.8. The minimum Gasteiger partial charge on any atom is -0.378 e. The normalized spacial score (nSPS) is 21.2. The second kappa shape index (κ2) is 9.87. The molecule has 0 aromatic heterocycles. The summed E-state index contributed by atoms with van der Waals surface area (Å²) in [6.45, 7) is 0.978. The van der Waals surface area contributed by atoms with Gasteiger partial charge in [-0.2, -0.15) is 0 Å². The first kappa shape index (κ1) is 17.1. The van der Waals surface area contributed by atoms with Crippen LogP contribution in [0.5, 0.6) is 0 Å². The van der Waals surface area contributed by atoms with E-state index in [0.717, 1.165) is 19.1 Å². The van der Waals surface area contributed by atoms with Gasteiger partial charge >= 0.3 is 6.00 Å². The summed E-state index contributed by atoms with van der Waals surface area (Å²) < 4.78 is 5.72. The summed E-state index contributed by atoms with van der Waals surface area (Å²) in [6, 6.07) is -1.54. The Morgan fingerprint density at radius 2 is 1.56 bits per heavy atom.